The van der Waals surface area contributed by atoms with E-state index in [1.807, 2.05) is 17.1 Å². The average Bonchev–Trinajstić information content (AvgIpc) is 3.28. The first kappa shape index (κ1) is 15.0. The molecule has 0 saturated heterocycles. The molecular weight excluding hydrogens is 294 g/mol. The van der Waals surface area contributed by atoms with E-state index in [0.29, 0.717) is 5.92 Å². The van der Waals surface area contributed by atoms with E-state index in [1.54, 1.807) is 6.20 Å². The van der Waals surface area contributed by atoms with Gasteiger partial charge in [0.05, 0.1) is 12.9 Å². The molecule has 7 heteroatoms. The van der Waals surface area contributed by atoms with Crippen LogP contribution in [0.2, 0.25) is 0 Å². The van der Waals surface area contributed by atoms with E-state index in [2.05, 4.69) is 50.1 Å². The van der Waals surface area contributed by atoms with E-state index in [4.69, 9.17) is 9.90 Å². The SMILES string of the molecule is O=CO.c1ccc(C2Cc3nnc(Cn4ccnc4)n3C2)cc1. The van der Waals surface area contributed by atoms with Crippen molar-refractivity contribution in [2.45, 2.75) is 25.4 Å². The number of hydrogen-bond donors (Lipinski definition) is 1. The van der Waals surface area contributed by atoms with E-state index in [9.17, 15) is 0 Å². The van der Waals surface area contributed by atoms with Gasteiger partial charge in [0.2, 0.25) is 0 Å². The summed E-state index contributed by atoms with van der Waals surface area (Å²) in [5, 5.41) is 15.5. The van der Waals surface area contributed by atoms with Crippen molar-refractivity contribution in [2.24, 2.45) is 0 Å². The third-order valence-corrected chi connectivity index (χ3v) is 3.89. The zero-order chi connectivity index (χ0) is 16.1. The maximum absolute atomic E-state index is 8.36. The molecule has 0 spiro atoms. The topological polar surface area (TPSA) is 85.8 Å². The lowest BCUT2D eigenvalue weighted by Crippen LogP contribution is -2.08. The molecule has 1 N–H and O–H groups in total. The smallest absolute Gasteiger partial charge is 0.290 e. The molecule has 0 amide bonds. The first-order chi connectivity index (χ1) is 11.3. The summed E-state index contributed by atoms with van der Waals surface area (Å²) in [6.07, 6.45) is 6.52. The molecule has 1 aliphatic heterocycles. The Bertz CT molecular complexity index is 752. The van der Waals surface area contributed by atoms with Gasteiger partial charge in [-0.15, -0.1) is 10.2 Å². The number of rotatable bonds is 3. The second-order valence-corrected chi connectivity index (χ2v) is 5.30. The summed E-state index contributed by atoms with van der Waals surface area (Å²) in [5.41, 5.74) is 1.38. The van der Waals surface area contributed by atoms with Gasteiger partial charge in [-0.05, 0) is 5.56 Å². The van der Waals surface area contributed by atoms with Crippen LogP contribution in [0.1, 0.15) is 23.1 Å². The van der Waals surface area contributed by atoms with E-state index < -0.39 is 0 Å². The van der Waals surface area contributed by atoms with Crippen LogP contribution in [0.25, 0.3) is 0 Å². The minimum Gasteiger partial charge on any atom is -0.483 e. The van der Waals surface area contributed by atoms with Gasteiger partial charge in [-0.3, -0.25) is 4.79 Å². The Morgan fingerprint density at radius 2 is 2.04 bits per heavy atom. The molecule has 3 heterocycles. The summed E-state index contributed by atoms with van der Waals surface area (Å²) >= 11 is 0. The molecular formula is C16H17N5O2. The summed E-state index contributed by atoms with van der Waals surface area (Å²) in [4.78, 5) is 12.4. The molecule has 1 aliphatic rings. The zero-order valence-corrected chi connectivity index (χ0v) is 12.5. The van der Waals surface area contributed by atoms with E-state index in [1.165, 1.54) is 5.56 Å². The van der Waals surface area contributed by atoms with Gasteiger partial charge in [0.1, 0.15) is 5.82 Å². The number of nitrogens with zero attached hydrogens (tertiary/aromatic N) is 5. The molecule has 1 aromatic carbocycles. The quantitative estimate of drug-likeness (QED) is 0.742. The van der Waals surface area contributed by atoms with Crippen molar-refractivity contribution < 1.29 is 9.90 Å². The van der Waals surface area contributed by atoms with Gasteiger partial charge >= 0.3 is 0 Å². The van der Waals surface area contributed by atoms with E-state index in [0.717, 1.165) is 31.2 Å². The number of fused-ring (bicyclic) bond motifs is 1. The molecule has 0 radical (unpaired) electrons. The van der Waals surface area contributed by atoms with Crippen LogP contribution in [-0.4, -0.2) is 35.9 Å². The minimum absolute atomic E-state index is 0.250. The van der Waals surface area contributed by atoms with Gasteiger partial charge in [0.15, 0.2) is 5.82 Å². The molecule has 4 rings (SSSR count). The molecule has 1 atom stereocenters. The Morgan fingerprint density at radius 1 is 1.26 bits per heavy atom. The highest BCUT2D eigenvalue weighted by atomic mass is 16.3. The van der Waals surface area contributed by atoms with Crippen LogP contribution in [-0.2, 0) is 24.3 Å². The van der Waals surface area contributed by atoms with Gasteiger partial charge in [0, 0.05) is 31.3 Å². The van der Waals surface area contributed by atoms with Crippen molar-refractivity contribution in [3.05, 3.63) is 66.3 Å². The second kappa shape index (κ2) is 6.87. The molecule has 118 valence electrons. The summed E-state index contributed by atoms with van der Waals surface area (Å²) in [6, 6.07) is 10.6. The van der Waals surface area contributed by atoms with Crippen molar-refractivity contribution in [1.82, 2.24) is 24.3 Å². The number of benzene rings is 1. The Labute approximate surface area is 133 Å². The highest BCUT2D eigenvalue weighted by Gasteiger charge is 2.26. The molecule has 0 fully saturated rings. The van der Waals surface area contributed by atoms with Gasteiger partial charge in [-0.2, -0.15) is 0 Å². The summed E-state index contributed by atoms with van der Waals surface area (Å²) in [7, 11) is 0. The van der Waals surface area contributed by atoms with Crippen LogP contribution in [0.15, 0.2) is 49.1 Å². The Hall–Kier alpha value is -2.96. The lowest BCUT2D eigenvalue weighted by atomic mass is 9.98. The van der Waals surface area contributed by atoms with Gasteiger partial charge in [-0.1, -0.05) is 30.3 Å². The average molecular weight is 311 g/mol. The van der Waals surface area contributed by atoms with Gasteiger partial charge < -0.3 is 14.2 Å². The normalized spacial score (nSPS) is 15.6. The first-order valence-corrected chi connectivity index (χ1v) is 7.31. The van der Waals surface area contributed by atoms with Crippen LogP contribution >= 0.6 is 0 Å². The fourth-order valence-electron chi connectivity index (χ4n) is 2.85. The molecule has 23 heavy (non-hydrogen) atoms. The minimum atomic E-state index is -0.250. The molecule has 7 nitrogen and oxygen atoms in total. The summed E-state index contributed by atoms with van der Waals surface area (Å²) < 4.78 is 4.27. The first-order valence-electron chi connectivity index (χ1n) is 7.31. The molecule has 0 saturated carbocycles. The number of hydrogen-bond acceptors (Lipinski definition) is 4. The van der Waals surface area contributed by atoms with Crippen molar-refractivity contribution in [1.29, 1.82) is 0 Å². The van der Waals surface area contributed by atoms with Crippen LogP contribution in [0.4, 0.5) is 0 Å². The number of carbonyl (C=O) groups is 1. The lowest BCUT2D eigenvalue weighted by molar-refractivity contribution is -0.122. The maximum atomic E-state index is 8.36. The molecule has 1 unspecified atom stereocenters. The molecule has 2 aromatic heterocycles. The third kappa shape index (κ3) is 3.28. The fourth-order valence-corrected chi connectivity index (χ4v) is 2.85. The van der Waals surface area contributed by atoms with E-state index in [-0.39, 0.29) is 6.47 Å². The van der Waals surface area contributed by atoms with Crippen LogP contribution in [0.5, 0.6) is 0 Å². The van der Waals surface area contributed by atoms with Crippen molar-refractivity contribution >= 4 is 6.47 Å². The van der Waals surface area contributed by atoms with Crippen LogP contribution in [0, 0.1) is 0 Å². The Kier molecular flexibility index (Phi) is 4.46. The van der Waals surface area contributed by atoms with Crippen molar-refractivity contribution in [2.75, 3.05) is 0 Å². The highest BCUT2D eigenvalue weighted by Crippen LogP contribution is 2.29. The number of carboxylic acid groups (broad SMARTS) is 1. The fraction of sp³-hybridized carbons (Fsp3) is 0.250. The molecule has 0 aliphatic carbocycles. The summed E-state index contributed by atoms with van der Waals surface area (Å²) in [6.45, 7) is 1.45. The van der Waals surface area contributed by atoms with Crippen LogP contribution in [0.3, 0.4) is 0 Å². The molecule has 3 aromatic rings. The largest absolute Gasteiger partial charge is 0.483 e. The Balaban J connectivity index is 0.000000485. The maximum Gasteiger partial charge on any atom is 0.290 e. The molecule has 0 bridgehead atoms. The predicted molar refractivity (Wildman–Crippen MR) is 82.9 cm³/mol. The summed E-state index contributed by atoms with van der Waals surface area (Å²) in [5.74, 6) is 2.62. The van der Waals surface area contributed by atoms with E-state index >= 15 is 0 Å². The third-order valence-electron chi connectivity index (χ3n) is 3.89. The number of aromatic nitrogens is 5. The van der Waals surface area contributed by atoms with Gasteiger partial charge in [0.25, 0.3) is 6.47 Å². The monoisotopic (exact) mass is 311 g/mol. The lowest BCUT2D eigenvalue weighted by Gasteiger charge is -2.10. The van der Waals surface area contributed by atoms with Crippen molar-refractivity contribution in [3.8, 4) is 0 Å². The standard InChI is InChI=1S/C15H15N5.CH2O2/c1-2-4-12(5-3-1)13-8-14-17-18-15(20(14)9-13)10-19-7-6-16-11-19;2-1-3/h1-7,11,13H,8-10H2;1H,(H,2,3). The highest BCUT2D eigenvalue weighted by molar-refractivity contribution is 5.32. The predicted octanol–water partition coefficient (Wildman–Crippen LogP) is 1.56. The zero-order valence-electron chi connectivity index (χ0n) is 12.5. The van der Waals surface area contributed by atoms with Crippen molar-refractivity contribution in [3.63, 3.8) is 0 Å². The number of imidazole rings is 1. The van der Waals surface area contributed by atoms with Gasteiger partial charge in [-0.25, -0.2) is 4.98 Å². The second-order valence-electron chi connectivity index (χ2n) is 5.30. The van der Waals surface area contributed by atoms with Crippen LogP contribution < -0.4 is 0 Å². The Morgan fingerprint density at radius 3 is 2.74 bits per heavy atom.